The highest BCUT2D eigenvalue weighted by Crippen LogP contribution is 2.20. The number of hydrogen-bond acceptors (Lipinski definition) is 5. The van der Waals surface area contributed by atoms with Gasteiger partial charge in [0.05, 0.1) is 11.4 Å². The molecule has 0 aliphatic carbocycles. The zero-order valence-corrected chi connectivity index (χ0v) is 11.1. The lowest BCUT2D eigenvalue weighted by atomic mass is 10.2. The molecule has 0 aliphatic rings. The Morgan fingerprint density at radius 3 is 2.61 bits per heavy atom. The molecular weight excluding hydrogens is 228 g/mol. The Morgan fingerprint density at radius 2 is 2.06 bits per heavy atom. The fraction of sp³-hybridized carbons (Fsp3) is 0.417. The van der Waals surface area contributed by atoms with E-state index in [-0.39, 0.29) is 5.92 Å². The second-order valence-corrected chi connectivity index (χ2v) is 4.62. The molecule has 0 amide bonds. The fourth-order valence-electron chi connectivity index (χ4n) is 1.67. The van der Waals surface area contributed by atoms with Gasteiger partial charge in [-0.1, -0.05) is 13.8 Å². The van der Waals surface area contributed by atoms with Crippen molar-refractivity contribution in [3.05, 3.63) is 23.8 Å². The first-order valence-electron chi connectivity index (χ1n) is 5.87. The number of aromatic nitrogens is 4. The molecule has 0 bridgehead atoms. The van der Waals surface area contributed by atoms with Gasteiger partial charge in [0.1, 0.15) is 17.5 Å². The molecule has 3 N–H and O–H groups in total. The lowest BCUT2D eigenvalue weighted by Gasteiger charge is -2.09. The minimum absolute atomic E-state index is 0.240. The Labute approximate surface area is 106 Å². The number of nitrogens with zero attached hydrogens (tertiary/aromatic N) is 4. The zero-order valence-electron chi connectivity index (χ0n) is 11.1. The standard InChI is InChI=1S/C12H18N6/c1-7(2)12-15-10(13)5-11(16-12)14-9-6-18(4)17-8(9)3/h5-7H,1-4H3,(H3,13,14,15,16). The fourth-order valence-corrected chi connectivity index (χ4v) is 1.67. The van der Waals surface area contributed by atoms with Crippen molar-refractivity contribution in [2.24, 2.45) is 7.05 Å². The largest absolute Gasteiger partial charge is 0.384 e. The van der Waals surface area contributed by atoms with Gasteiger partial charge in [-0.05, 0) is 6.92 Å². The Bertz CT molecular complexity index is 558. The number of aryl methyl sites for hydroxylation is 2. The molecule has 2 aromatic rings. The van der Waals surface area contributed by atoms with Crippen molar-refractivity contribution in [1.82, 2.24) is 19.7 Å². The van der Waals surface area contributed by atoms with Crippen LogP contribution >= 0.6 is 0 Å². The summed E-state index contributed by atoms with van der Waals surface area (Å²) >= 11 is 0. The maximum atomic E-state index is 5.78. The summed E-state index contributed by atoms with van der Waals surface area (Å²) in [6, 6.07) is 1.72. The molecule has 6 heteroatoms. The molecule has 0 saturated heterocycles. The second-order valence-electron chi connectivity index (χ2n) is 4.62. The van der Waals surface area contributed by atoms with Crippen LogP contribution in [0.5, 0.6) is 0 Å². The van der Waals surface area contributed by atoms with Gasteiger partial charge in [-0.15, -0.1) is 0 Å². The van der Waals surface area contributed by atoms with Crippen LogP contribution in [0.1, 0.15) is 31.3 Å². The van der Waals surface area contributed by atoms with E-state index in [2.05, 4.69) is 20.4 Å². The molecule has 0 aliphatic heterocycles. The first-order chi connectivity index (χ1) is 8.45. The minimum Gasteiger partial charge on any atom is -0.384 e. The molecule has 0 aromatic carbocycles. The van der Waals surface area contributed by atoms with Crippen molar-refractivity contribution in [3.63, 3.8) is 0 Å². The van der Waals surface area contributed by atoms with E-state index < -0.39 is 0 Å². The molecule has 0 fully saturated rings. The molecule has 0 radical (unpaired) electrons. The van der Waals surface area contributed by atoms with E-state index in [9.17, 15) is 0 Å². The number of nitrogen functional groups attached to an aromatic ring is 1. The lowest BCUT2D eigenvalue weighted by Crippen LogP contribution is -2.05. The molecular formula is C12H18N6. The SMILES string of the molecule is Cc1nn(C)cc1Nc1cc(N)nc(C(C)C)n1. The zero-order chi connectivity index (χ0) is 13.3. The first-order valence-corrected chi connectivity index (χ1v) is 5.87. The molecule has 0 unspecified atom stereocenters. The van der Waals surface area contributed by atoms with E-state index in [0.29, 0.717) is 11.6 Å². The van der Waals surface area contributed by atoms with Crippen LogP contribution in [-0.4, -0.2) is 19.7 Å². The predicted molar refractivity (Wildman–Crippen MR) is 71.8 cm³/mol. The highest BCUT2D eigenvalue weighted by atomic mass is 15.3. The van der Waals surface area contributed by atoms with Gasteiger partial charge < -0.3 is 11.1 Å². The maximum absolute atomic E-state index is 5.78. The van der Waals surface area contributed by atoms with Gasteiger partial charge in [0, 0.05) is 25.2 Å². The number of nitrogens with two attached hydrogens (primary N) is 1. The van der Waals surface area contributed by atoms with Crippen LogP contribution < -0.4 is 11.1 Å². The third kappa shape index (κ3) is 2.58. The highest BCUT2D eigenvalue weighted by Gasteiger charge is 2.09. The Hall–Kier alpha value is -2.11. The van der Waals surface area contributed by atoms with Crippen LogP contribution in [0.4, 0.5) is 17.3 Å². The third-order valence-corrected chi connectivity index (χ3v) is 2.56. The predicted octanol–water partition coefficient (Wildman–Crippen LogP) is 1.97. The molecule has 6 nitrogen and oxygen atoms in total. The quantitative estimate of drug-likeness (QED) is 0.865. The Morgan fingerprint density at radius 1 is 1.33 bits per heavy atom. The monoisotopic (exact) mass is 246 g/mol. The minimum atomic E-state index is 0.240. The van der Waals surface area contributed by atoms with Gasteiger partial charge in [-0.2, -0.15) is 5.10 Å². The summed E-state index contributed by atoms with van der Waals surface area (Å²) in [6.45, 7) is 6.01. The second kappa shape index (κ2) is 4.64. The van der Waals surface area contributed by atoms with E-state index in [1.807, 2.05) is 34.0 Å². The van der Waals surface area contributed by atoms with E-state index in [0.717, 1.165) is 17.2 Å². The number of hydrogen-bond donors (Lipinski definition) is 2. The van der Waals surface area contributed by atoms with Crippen molar-refractivity contribution in [1.29, 1.82) is 0 Å². The van der Waals surface area contributed by atoms with Gasteiger partial charge >= 0.3 is 0 Å². The number of rotatable bonds is 3. The smallest absolute Gasteiger partial charge is 0.136 e. The van der Waals surface area contributed by atoms with E-state index in [1.54, 1.807) is 10.7 Å². The highest BCUT2D eigenvalue weighted by molar-refractivity contribution is 5.59. The normalized spacial score (nSPS) is 10.9. The van der Waals surface area contributed by atoms with Gasteiger partial charge in [-0.3, -0.25) is 4.68 Å². The third-order valence-electron chi connectivity index (χ3n) is 2.56. The molecule has 2 heterocycles. The van der Waals surface area contributed by atoms with Crippen molar-refractivity contribution in [2.45, 2.75) is 26.7 Å². The number of anilines is 3. The van der Waals surface area contributed by atoms with Crippen LogP contribution in [0.2, 0.25) is 0 Å². The molecule has 2 rings (SSSR count). The summed E-state index contributed by atoms with van der Waals surface area (Å²) in [4.78, 5) is 8.65. The molecule has 0 spiro atoms. The summed E-state index contributed by atoms with van der Waals surface area (Å²) in [5.41, 5.74) is 7.62. The van der Waals surface area contributed by atoms with Crippen molar-refractivity contribution < 1.29 is 0 Å². The van der Waals surface area contributed by atoms with Gasteiger partial charge in [0.2, 0.25) is 0 Å². The van der Waals surface area contributed by atoms with Crippen LogP contribution in [0.25, 0.3) is 0 Å². The van der Waals surface area contributed by atoms with Crippen LogP contribution in [0, 0.1) is 6.92 Å². The lowest BCUT2D eigenvalue weighted by molar-refractivity contribution is 0.756. The molecule has 2 aromatic heterocycles. The maximum Gasteiger partial charge on any atom is 0.136 e. The Balaban J connectivity index is 2.31. The summed E-state index contributed by atoms with van der Waals surface area (Å²) in [5, 5.41) is 7.48. The van der Waals surface area contributed by atoms with E-state index in [4.69, 9.17) is 5.73 Å². The Kier molecular flexibility index (Phi) is 3.18. The number of nitrogens with one attached hydrogen (secondary N) is 1. The van der Waals surface area contributed by atoms with Crippen LogP contribution in [0.3, 0.4) is 0 Å². The van der Waals surface area contributed by atoms with Gasteiger partial charge in [0.15, 0.2) is 0 Å². The summed E-state index contributed by atoms with van der Waals surface area (Å²) in [5.74, 6) is 2.14. The summed E-state index contributed by atoms with van der Waals surface area (Å²) in [7, 11) is 1.88. The molecule has 0 saturated carbocycles. The van der Waals surface area contributed by atoms with Gasteiger partial charge in [-0.25, -0.2) is 9.97 Å². The summed E-state index contributed by atoms with van der Waals surface area (Å²) in [6.07, 6.45) is 1.91. The van der Waals surface area contributed by atoms with Crippen LogP contribution in [-0.2, 0) is 7.05 Å². The molecule has 96 valence electrons. The van der Waals surface area contributed by atoms with Gasteiger partial charge in [0.25, 0.3) is 0 Å². The van der Waals surface area contributed by atoms with E-state index >= 15 is 0 Å². The van der Waals surface area contributed by atoms with Crippen molar-refractivity contribution in [2.75, 3.05) is 11.1 Å². The van der Waals surface area contributed by atoms with Crippen molar-refractivity contribution >= 4 is 17.3 Å². The average Bonchev–Trinajstić information content (AvgIpc) is 2.56. The average molecular weight is 246 g/mol. The molecule has 0 atom stereocenters. The first kappa shape index (κ1) is 12.3. The molecule has 18 heavy (non-hydrogen) atoms. The summed E-state index contributed by atoms with van der Waals surface area (Å²) < 4.78 is 1.76. The van der Waals surface area contributed by atoms with E-state index in [1.165, 1.54) is 0 Å². The van der Waals surface area contributed by atoms with Crippen LogP contribution in [0.15, 0.2) is 12.3 Å². The topological polar surface area (TPSA) is 81.7 Å². The van der Waals surface area contributed by atoms with Crippen molar-refractivity contribution in [3.8, 4) is 0 Å².